The van der Waals surface area contributed by atoms with E-state index < -0.39 is 11.9 Å². The Kier molecular flexibility index (Phi) is 2.65. The summed E-state index contributed by atoms with van der Waals surface area (Å²) >= 11 is 5.94. The smallest absolute Gasteiger partial charge is 0.336 e. The van der Waals surface area contributed by atoms with Gasteiger partial charge >= 0.3 is 11.9 Å². The molecule has 0 saturated heterocycles. The molecule has 0 aliphatic carbocycles. The van der Waals surface area contributed by atoms with Gasteiger partial charge in [0.15, 0.2) is 0 Å². The predicted molar refractivity (Wildman–Crippen MR) is 74.7 cm³/mol. The van der Waals surface area contributed by atoms with Crippen molar-refractivity contribution in [2.45, 2.75) is 0 Å². The molecule has 0 aliphatic heterocycles. The van der Waals surface area contributed by atoms with E-state index in [1.807, 2.05) is 0 Å². The monoisotopic (exact) mass is 289 g/mol. The number of aromatic nitrogens is 1. The first kappa shape index (κ1) is 12.5. The van der Waals surface area contributed by atoms with Crippen molar-refractivity contribution < 1.29 is 19.8 Å². The van der Waals surface area contributed by atoms with Gasteiger partial charge in [0.25, 0.3) is 0 Å². The maximum absolute atomic E-state index is 11.2. The number of carbonyl (C=O) groups is 2. The molecule has 0 fully saturated rings. The average Bonchev–Trinajstić information content (AvgIpc) is 2.74. The van der Waals surface area contributed by atoms with Gasteiger partial charge in [-0.3, -0.25) is 0 Å². The molecule has 20 heavy (non-hydrogen) atoms. The van der Waals surface area contributed by atoms with Crippen molar-refractivity contribution in [3.8, 4) is 0 Å². The van der Waals surface area contributed by atoms with E-state index in [1.165, 1.54) is 12.1 Å². The molecule has 0 atom stereocenters. The lowest BCUT2D eigenvalue weighted by Crippen LogP contribution is -2.07. The van der Waals surface area contributed by atoms with Crippen molar-refractivity contribution in [2.75, 3.05) is 0 Å². The number of hydrogen-bond acceptors (Lipinski definition) is 2. The van der Waals surface area contributed by atoms with Crippen LogP contribution in [0.1, 0.15) is 20.7 Å². The lowest BCUT2D eigenvalue weighted by atomic mass is 10.0. The van der Waals surface area contributed by atoms with Crippen molar-refractivity contribution in [1.82, 2.24) is 4.98 Å². The minimum atomic E-state index is -1.28. The predicted octanol–water partition coefficient (Wildman–Crippen LogP) is 3.37. The highest BCUT2D eigenvalue weighted by Crippen LogP contribution is 2.30. The number of carboxylic acid groups (broad SMARTS) is 2. The van der Waals surface area contributed by atoms with Crippen LogP contribution in [0.5, 0.6) is 0 Å². The molecule has 0 amide bonds. The third-order valence-corrected chi connectivity index (χ3v) is 3.39. The zero-order valence-electron chi connectivity index (χ0n) is 9.98. The summed E-state index contributed by atoms with van der Waals surface area (Å²) in [5.41, 5.74) is 0.835. The van der Waals surface area contributed by atoms with Gasteiger partial charge in [-0.1, -0.05) is 11.6 Å². The van der Waals surface area contributed by atoms with E-state index in [0.717, 1.165) is 10.9 Å². The van der Waals surface area contributed by atoms with Gasteiger partial charge in [0.2, 0.25) is 0 Å². The Balaban J connectivity index is 2.46. The number of benzene rings is 2. The topological polar surface area (TPSA) is 90.4 Å². The quantitative estimate of drug-likeness (QED) is 0.674. The number of aromatic amines is 1. The fourth-order valence-corrected chi connectivity index (χ4v) is 2.45. The lowest BCUT2D eigenvalue weighted by Gasteiger charge is -2.02. The number of rotatable bonds is 2. The Labute approximate surface area is 117 Å². The molecule has 3 N–H and O–H groups in total. The van der Waals surface area contributed by atoms with Crippen LogP contribution in [0, 0.1) is 0 Å². The number of hydrogen-bond donors (Lipinski definition) is 3. The van der Waals surface area contributed by atoms with Gasteiger partial charge in [0.05, 0.1) is 11.1 Å². The van der Waals surface area contributed by atoms with Gasteiger partial charge in [0.1, 0.15) is 0 Å². The number of H-pyrrole nitrogens is 1. The minimum absolute atomic E-state index is 0.245. The summed E-state index contributed by atoms with van der Waals surface area (Å²) in [5.74, 6) is -2.55. The molecule has 3 rings (SSSR count). The summed E-state index contributed by atoms with van der Waals surface area (Å²) < 4.78 is 0. The van der Waals surface area contributed by atoms with Crippen molar-refractivity contribution in [2.24, 2.45) is 0 Å². The van der Waals surface area contributed by atoms with E-state index in [-0.39, 0.29) is 11.1 Å². The molecule has 100 valence electrons. The van der Waals surface area contributed by atoms with Crippen LogP contribution in [-0.2, 0) is 0 Å². The van der Waals surface area contributed by atoms with Crippen LogP contribution in [0.25, 0.3) is 21.8 Å². The third kappa shape index (κ3) is 1.80. The molecule has 5 nitrogen and oxygen atoms in total. The molecule has 3 aromatic rings. The Morgan fingerprint density at radius 1 is 0.900 bits per heavy atom. The van der Waals surface area contributed by atoms with Crippen LogP contribution in [0.2, 0.25) is 5.02 Å². The van der Waals surface area contributed by atoms with E-state index in [4.69, 9.17) is 21.8 Å². The Hall–Kier alpha value is -2.53. The fourth-order valence-electron chi connectivity index (χ4n) is 2.27. The highest BCUT2D eigenvalue weighted by Gasteiger charge is 2.18. The largest absolute Gasteiger partial charge is 0.478 e. The molecule has 0 bridgehead atoms. The summed E-state index contributed by atoms with van der Waals surface area (Å²) in [7, 11) is 0. The highest BCUT2D eigenvalue weighted by atomic mass is 35.5. The normalized spacial score (nSPS) is 11.1. The summed E-state index contributed by atoms with van der Waals surface area (Å²) in [6.45, 7) is 0. The van der Waals surface area contributed by atoms with Crippen LogP contribution in [0.4, 0.5) is 0 Å². The Morgan fingerprint density at radius 3 is 2.15 bits per heavy atom. The maximum atomic E-state index is 11.2. The molecule has 0 aliphatic rings. The first-order valence-electron chi connectivity index (χ1n) is 5.69. The van der Waals surface area contributed by atoms with E-state index in [1.54, 1.807) is 18.2 Å². The van der Waals surface area contributed by atoms with Gasteiger partial charge in [0, 0.05) is 26.8 Å². The van der Waals surface area contributed by atoms with E-state index in [9.17, 15) is 9.59 Å². The molecular weight excluding hydrogens is 282 g/mol. The fraction of sp³-hybridized carbons (Fsp3) is 0. The van der Waals surface area contributed by atoms with Gasteiger partial charge in [-0.15, -0.1) is 0 Å². The van der Waals surface area contributed by atoms with Crippen LogP contribution < -0.4 is 0 Å². The Bertz CT molecular complexity index is 882. The van der Waals surface area contributed by atoms with Crippen LogP contribution in [0.15, 0.2) is 30.3 Å². The number of halogens is 1. The van der Waals surface area contributed by atoms with Gasteiger partial charge < -0.3 is 15.2 Å². The van der Waals surface area contributed by atoms with Gasteiger partial charge in [-0.25, -0.2) is 9.59 Å². The summed E-state index contributed by atoms with van der Waals surface area (Å²) in [6, 6.07) is 7.86. The first-order valence-corrected chi connectivity index (χ1v) is 6.07. The zero-order chi connectivity index (χ0) is 14.4. The molecule has 0 spiro atoms. The SMILES string of the molecule is O=C(O)c1cc2[nH]c3ccc(Cl)cc3c2cc1C(=O)O. The number of carboxylic acids is 2. The van der Waals surface area contributed by atoms with Crippen molar-refractivity contribution >= 4 is 45.3 Å². The number of aromatic carboxylic acids is 2. The second-order valence-corrected chi connectivity index (χ2v) is 4.81. The van der Waals surface area contributed by atoms with Crippen LogP contribution in [-0.4, -0.2) is 27.1 Å². The van der Waals surface area contributed by atoms with Crippen molar-refractivity contribution in [1.29, 1.82) is 0 Å². The molecule has 0 saturated carbocycles. The molecule has 1 aromatic heterocycles. The third-order valence-electron chi connectivity index (χ3n) is 3.16. The van der Waals surface area contributed by atoms with Crippen molar-refractivity contribution in [3.63, 3.8) is 0 Å². The molecule has 0 radical (unpaired) electrons. The second kappa shape index (κ2) is 4.25. The number of nitrogens with one attached hydrogen (secondary N) is 1. The van der Waals surface area contributed by atoms with E-state index in [0.29, 0.717) is 15.9 Å². The zero-order valence-corrected chi connectivity index (χ0v) is 10.7. The first-order chi connectivity index (χ1) is 9.47. The van der Waals surface area contributed by atoms with Crippen LogP contribution >= 0.6 is 11.6 Å². The maximum Gasteiger partial charge on any atom is 0.336 e. The molecular formula is C14H8ClNO4. The molecule has 6 heteroatoms. The van der Waals surface area contributed by atoms with Crippen molar-refractivity contribution in [3.05, 3.63) is 46.5 Å². The summed E-state index contributed by atoms with van der Waals surface area (Å²) in [4.78, 5) is 25.4. The molecule has 1 heterocycles. The van der Waals surface area contributed by atoms with Crippen LogP contribution in [0.3, 0.4) is 0 Å². The summed E-state index contributed by atoms with van der Waals surface area (Å²) in [6.07, 6.45) is 0. The van der Waals surface area contributed by atoms with E-state index in [2.05, 4.69) is 4.98 Å². The molecule has 2 aromatic carbocycles. The summed E-state index contributed by atoms with van der Waals surface area (Å²) in [5, 5.41) is 20.1. The van der Waals surface area contributed by atoms with Gasteiger partial charge in [-0.05, 0) is 30.3 Å². The lowest BCUT2D eigenvalue weighted by molar-refractivity contribution is 0.0652. The van der Waals surface area contributed by atoms with E-state index >= 15 is 0 Å². The second-order valence-electron chi connectivity index (χ2n) is 4.37. The van der Waals surface area contributed by atoms with Gasteiger partial charge in [-0.2, -0.15) is 0 Å². The number of fused-ring (bicyclic) bond motifs is 3. The average molecular weight is 290 g/mol. The highest BCUT2D eigenvalue weighted by molar-refractivity contribution is 6.32. The molecule has 0 unspecified atom stereocenters. The standard InChI is InChI=1S/C14H8ClNO4/c15-6-1-2-11-7(3-6)8-4-9(13(17)18)10(14(19)20)5-12(8)16-11/h1-5,16H,(H,17,18)(H,19,20). The minimum Gasteiger partial charge on any atom is -0.478 e. The Morgan fingerprint density at radius 2 is 1.50 bits per heavy atom.